The number of aliphatic hydroxyl groups is 4. The van der Waals surface area contributed by atoms with Crippen LogP contribution in [0.15, 0.2) is 42.5 Å². The zero-order valence-corrected chi connectivity index (χ0v) is 12.9. The van der Waals surface area contributed by atoms with Crippen molar-refractivity contribution in [3.63, 3.8) is 0 Å². The van der Waals surface area contributed by atoms with Crippen LogP contribution in [-0.4, -0.2) is 64.4 Å². The Labute approximate surface area is 139 Å². The van der Waals surface area contributed by atoms with Crippen molar-refractivity contribution in [1.82, 2.24) is 5.32 Å². The molecule has 2 aromatic rings. The van der Waals surface area contributed by atoms with Crippen LogP contribution in [0.3, 0.4) is 0 Å². The summed E-state index contributed by atoms with van der Waals surface area (Å²) in [6, 6.07) is 12.4. The molecule has 3 rings (SSSR count). The van der Waals surface area contributed by atoms with Gasteiger partial charge in [0.2, 0.25) is 6.29 Å². The van der Waals surface area contributed by atoms with Crippen molar-refractivity contribution in [3.8, 4) is 5.75 Å². The van der Waals surface area contributed by atoms with Gasteiger partial charge >= 0.3 is 0 Å². The SMILES string of the molecule is OCNC1C(Oc2ccc3ccccc3c2)OC(CO)C(O)C1O. The van der Waals surface area contributed by atoms with Gasteiger partial charge in [-0.05, 0) is 22.9 Å². The largest absolute Gasteiger partial charge is 0.463 e. The molecular weight excluding hydrogens is 314 g/mol. The molecule has 0 radical (unpaired) electrons. The normalized spacial score (nSPS) is 30.4. The molecule has 130 valence electrons. The predicted octanol–water partition coefficient (Wildman–Crippen LogP) is -0.434. The lowest BCUT2D eigenvalue weighted by atomic mass is 9.97. The van der Waals surface area contributed by atoms with E-state index in [1.165, 1.54) is 0 Å². The van der Waals surface area contributed by atoms with Gasteiger partial charge in [0.05, 0.1) is 13.3 Å². The van der Waals surface area contributed by atoms with Crippen molar-refractivity contribution in [3.05, 3.63) is 42.5 Å². The van der Waals surface area contributed by atoms with E-state index in [9.17, 15) is 15.3 Å². The molecule has 7 heteroatoms. The summed E-state index contributed by atoms with van der Waals surface area (Å²) >= 11 is 0. The highest BCUT2D eigenvalue weighted by molar-refractivity contribution is 5.83. The number of nitrogens with one attached hydrogen (secondary N) is 1. The quantitative estimate of drug-likeness (QED) is 0.471. The Morgan fingerprint density at radius 3 is 2.46 bits per heavy atom. The summed E-state index contributed by atoms with van der Waals surface area (Å²) in [6.45, 7) is -0.874. The van der Waals surface area contributed by atoms with E-state index in [-0.39, 0.29) is 0 Å². The molecular formula is C17H21NO6. The first kappa shape index (κ1) is 17.1. The zero-order chi connectivity index (χ0) is 17.1. The minimum absolute atomic E-state index is 0.417. The number of rotatable bonds is 5. The summed E-state index contributed by atoms with van der Waals surface area (Å²) in [5.74, 6) is 0.517. The van der Waals surface area contributed by atoms with Gasteiger partial charge in [0.1, 0.15) is 30.1 Å². The van der Waals surface area contributed by atoms with Crippen molar-refractivity contribution < 1.29 is 29.9 Å². The van der Waals surface area contributed by atoms with E-state index >= 15 is 0 Å². The number of benzene rings is 2. The fourth-order valence-electron chi connectivity index (χ4n) is 2.88. The number of aliphatic hydroxyl groups excluding tert-OH is 4. The van der Waals surface area contributed by atoms with E-state index in [2.05, 4.69) is 5.32 Å². The molecule has 24 heavy (non-hydrogen) atoms. The zero-order valence-electron chi connectivity index (χ0n) is 12.9. The Bertz CT molecular complexity index is 681. The van der Waals surface area contributed by atoms with Gasteiger partial charge in [0, 0.05) is 0 Å². The van der Waals surface area contributed by atoms with Crippen molar-refractivity contribution >= 4 is 10.8 Å². The Morgan fingerprint density at radius 1 is 1.00 bits per heavy atom. The van der Waals surface area contributed by atoms with Crippen LogP contribution in [0.4, 0.5) is 0 Å². The van der Waals surface area contributed by atoms with E-state index < -0.39 is 44.0 Å². The second-order valence-corrected chi connectivity index (χ2v) is 5.72. The molecule has 5 unspecified atom stereocenters. The molecule has 7 nitrogen and oxygen atoms in total. The standard InChI is InChI=1S/C17H21NO6/c19-8-13-15(21)16(22)14(18-9-20)17(24-13)23-12-6-5-10-3-1-2-4-11(10)7-12/h1-7,13-22H,8-9H2. The summed E-state index contributed by atoms with van der Waals surface area (Å²) in [6.07, 6.45) is -4.49. The van der Waals surface area contributed by atoms with Crippen LogP contribution < -0.4 is 10.1 Å². The first-order valence-corrected chi connectivity index (χ1v) is 7.76. The Morgan fingerprint density at radius 2 is 1.75 bits per heavy atom. The molecule has 0 saturated carbocycles. The second kappa shape index (κ2) is 7.43. The molecule has 1 heterocycles. The van der Waals surface area contributed by atoms with Gasteiger partial charge in [-0.3, -0.25) is 5.32 Å². The third kappa shape index (κ3) is 3.36. The maximum Gasteiger partial charge on any atom is 0.218 e. The van der Waals surface area contributed by atoms with Crippen LogP contribution in [0.1, 0.15) is 0 Å². The van der Waals surface area contributed by atoms with Gasteiger partial charge in [-0.25, -0.2) is 0 Å². The fraction of sp³-hybridized carbons (Fsp3) is 0.412. The molecule has 5 N–H and O–H groups in total. The van der Waals surface area contributed by atoms with Gasteiger partial charge in [-0.2, -0.15) is 0 Å². The van der Waals surface area contributed by atoms with Crippen LogP contribution in [0.25, 0.3) is 10.8 Å². The van der Waals surface area contributed by atoms with Gasteiger partial charge in [-0.15, -0.1) is 0 Å². The van der Waals surface area contributed by atoms with Crippen LogP contribution in [0.5, 0.6) is 5.75 Å². The third-order valence-electron chi connectivity index (χ3n) is 4.18. The number of hydrogen-bond acceptors (Lipinski definition) is 7. The topological polar surface area (TPSA) is 111 Å². The maximum atomic E-state index is 10.2. The fourth-order valence-corrected chi connectivity index (χ4v) is 2.88. The average molecular weight is 335 g/mol. The molecule has 1 fully saturated rings. The molecule has 5 atom stereocenters. The molecule has 1 aliphatic rings. The lowest BCUT2D eigenvalue weighted by Crippen LogP contribution is -2.64. The number of fused-ring (bicyclic) bond motifs is 1. The number of ether oxygens (including phenoxy) is 2. The van der Waals surface area contributed by atoms with E-state index in [4.69, 9.17) is 14.6 Å². The summed E-state index contributed by atoms with van der Waals surface area (Å²) < 4.78 is 11.3. The Kier molecular flexibility index (Phi) is 5.30. The van der Waals surface area contributed by atoms with Crippen molar-refractivity contribution in [2.24, 2.45) is 0 Å². The first-order valence-electron chi connectivity index (χ1n) is 7.76. The van der Waals surface area contributed by atoms with Gasteiger partial charge in [-0.1, -0.05) is 30.3 Å². The summed E-state index contributed by atoms with van der Waals surface area (Å²) in [5, 5.41) is 43.2. The van der Waals surface area contributed by atoms with E-state index in [1.807, 2.05) is 36.4 Å². The van der Waals surface area contributed by atoms with Crippen LogP contribution in [0, 0.1) is 0 Å². The van der Waals surface area contributed by atoms with Crippen LogP contribution in [0.2, 0.25) is 0 Å². The molecule has 0 spiro atoms. The van der Waals surface area contributed by atoms with Crippen molar-refractivity contribution in [1.29, 1.82) is 0 Å². The summed E-state index contributed by atoms with van der Waals surface area (Å²) in [4.78, 5) is 0. The predicted molar refractivity (Wildman–Crippen MR) is 86.3 cm³/mol. The van der Waals surface area contributed by atoms with E-state index in [0.717, 1.165) is 10.8 Å². The average Bonchev–Trinajstić information content (AvgIpc) is 2.61. The highest BCUT2D eigenvalue weighted by atomic mass is 16.7. The van der Waals surface area contributed by atoms with Gasteiger partial charge in [0.15, 0.2) is 0 Å². The highest BCUT2D eigenvalue weighted by Gasteiger charge is 2.45. The third-order valence-corrected chi connectivity index (χ3v) is 4.18. The summed E-state index contributed by atoms with van der Waals surface area (Å²) in [7, 11) is 0. The smallest absolute Gasteiger partial charge is 0.218 e. The Hall–Kier alpha value is -1.74. The first-order chi connectivity index (χ1) is 11.6. The maximum absolute atomic E-state index is 10.2. The number of hydrogen-bond donors (Lipinski definition) is 5. The minimum atomic E-state index is -1.28. The second-order valence-electron chi connectivity index (χ2n) is 5.72. The highest BCUT2D eigenvalue weighted by Crippen LogP contribution is 2.26. The van der Waals surface area contributed by atoms with E-state index in [1.54, 1.807) is 6.07 Å². The van der Waals surface area contributed by atoms with Gasteiger partial charge < -0.3 is 29.9 Å². The van der Waals surface area contributed by atoms with Crippen LogP contribution >= 0.6 is 0 Å². The molecule has 0 amide bonds. The molecule has 2 aromatic carbocycles. The lowest BCUT2D eigenvalue weighted by Gasteiger charge is -2.42. The van der Waals surface area contributed by atoms with Gasteiger partial charge in [0.25, 0.3) is 0 Å². The van der Waals surface area contributed by atoms with Crippen LogP contribution in [-0.2, 0) is 4.74 Å². The molecule has 1 saturated heterocycles. The van der Waals surface area contributed by atoms with Crippen molar-refractivity contribution in [2.45, 2.75) is 30.6 Å². The molecule has 1 aliphatic heterocycles. The summed E-state index contributed by atoms with van der Waals surface area (Å²) in [5.41, 5.74) is 0. The molecule has 0 aromatic heterocycles. The monoisotopic (exact) mass is 335 g/mol. The van der Waals surface area contributed by atoms with E-state index in [0.29, 0.717) is 5.75 Å². The van der Waals surface area contributed by atoms with Crippen molar-refractivity contribution in [2.75, 3.05) is 13.3 Å². The molecule has 0 aliphatic carbocycles. The Balaban J connectivity index is 1.83. The molecule has 0 bridgehead atoms. The lowest BCUT2D eigenvalue weighted by molar-refractivity contribution is -0.246. The minimum Gasteiger partial charge on any atom is -0.463 e.